The Bertz CT molecular complexity index is 531. The largest absolute Gasteiger partial charge is 0.305 e. The molecule has 0 saturated carbocycles. The number of hydrogen-bond acceptors (Lipinski definition) is 3. The van der Waals surface area contributed by atoms with Crippen molar-refractivity contribution in [3.8, 4) is 0 Å². The first-order chi connectivity index (χ1) is 8.58. The first kappa shape index (κ1) is 13.2. The smallest absolute Gasteiger partial charge is 0.0900 e. The molecule has 0 aliphatic rings. The summed E-state index contributed by atoms with van der Waals surface area (Å²) in [7, 11) is 0. The highest BCUT2D eigenvalue weighted by Gasteiger charge is 2.09. The monoisotopic (exact) mass is 260 g/mol. The predicted molar refractivity (Wildman–Crippen MR) is 78.0 cm³/mol. The molecular formula is C15H20N2S. The molecule has 1 aromatic carbocycles. The van der Waals surface area contributed by atoms with E-state index in [1.807, 2.05) is 0 Å². The molecule has 0 unspecified atom stereocenters. The van der Waals surface area contributed by atoms with Gasteiger partial charge in [0.05, 0.1) is 10.7 Å². The zero-order valence-corrected chi connectivity index (χ0v) is 12.3. The maximum absolute atomic E-state index is 4.46. The first-order valence-electron chi connectivity index (χ1n) is 6.29. The van der Waals surface area contributed by atoms with Gasteiger partial charge in [-0.3, -0.25) is 0 Å². The van der Waals surface area contributed by atoms with E-state index in [4.69, 9.17) is 0 Å². The van der Waals surface area contributed by atoms with Crippen LogP contribution in [0.25, 0.3) is 0 Å². The van der Waals surface area contributed by atoms with Crippen LogP contribution in [0.3, 0.4) is 0 Å². The Morgan fingerprint density at radius 1 is 1.22 bits per heavy atom. The quantitative estimate of drug-likeness (QED) is 0.901. The van der Waals surface area contributed by atoms with E-state index in [9.17, 15) is 0 Å². The highest BCUT2D eigenvalue weighted by molar-refractivity contribution is 7.11. The van der Waals surface area contributed by atoms with Gasteiger partial charge in [-0.05, 0) is 38.8 Å². The lowest BCUT2D eigenvalue weighted by Crippen LogP contribution is -2.18. The zero-order valence-electron chi connectivity index (χ0n) is 11.4. The predicted octanol–water partition coefficient (Wildman–Crippen LogP) is 3.92. The Morgan fingerprint density at radius 3 is 2.56 bits per heavy atom. The summed E-state index contributed by atoms with van der Waals surface area (Å²) in [4.78, 5) is 5.80. The van der Waals surface area contributed by atoms with E-state index in [0.29, 0.717) is 6.04 Å². The molecular weight excluding hydrogens is 240 g/mol. The Hall–Kier alpha value is -1.19. The summed E-state index contributed by atoms with van der Waals surface area (Å²) in [5.74, 6) is 0. The van der Waals surface area contributed by atoms with Crippen LogP contribution < -0.4 is 5.32 Å². The maximum atomic E-state index is 4.46. The normalized spacial score (nSPS) is 12.7. The fraction of sp³-hybridized carbons (Fsp3) is 0.400. The van der Waals surface area contributed by atoms with Crippen molar-refractivity contribution < 1.29 is 0 Å². The molecule has 18 heavy (non-hydrogen) atoms. The highest BCUT2D eigenvalue weighted by atomic mass is 32.1. The SMILES string of the molecule is Cc1nc(C)c(CN[C@H](C)c2ccccc2C)s1. The minimum Gasteiger partial charge on any atom is -0.305 e. The molecule has 0 saturated heterocycles. The van der Waals surface area contributed by atoms with Gasteiger partial charge < -0.3 is 5.32 Å². The fourth-order valence-corrected chi connectivity index (χ4v) is 3.05. The summed E-state index contributed by atoms with van der Waals surface area (Å²) in [6.45, 7) is 9.42. The van der Waals surface area contributed by atoms with Gasteiger partial charge in [-0.2, -0.15) is 0 Å². The lowest BCUT2D eigenvalue weighted by Gasteiger charge is -2.16. The van der Waals surface area contributed by atoms with Crippen molar-refractivity contribution >= 4 is 11.3 Å². The topological polar surface area (TPSA) is 24.9 Å². The van der Waals surface area contributed by atoms with Gasteiger partial charge in [-0.15, -0.1) is 11.3 Å². The summed E-state index contributed by atoms with van der Waals surface area (Å²) in [5.41, 5.74) is 3.87. The van der Waals surface area contributed by atoms with E-state index in [-0.39, 0.29) is 0 Å². The number of aryl methyl sites for hydroxylation is 3. The molecule has 0 aliphatic carbocycles. The van der Waals surface area contributed by atoms with Crippen molar-refractivity contribution in [1.29, 1.82) is 0 Å². The van der Waals surface area contributed by atoms with Crippen molar-refractivity contribution in [2.24, 2.45) is 0 Å². The number of thiazole rings is 1. The molecule has 0 aliphatic heterocycles. The average Bonchev–Trinajstić information content (AvgIpc) is 2.65. The molecule has 2 aromatic rings. The number of rotatable bonds is 4. The lowest BCUT2D eigenvalue weighted by atomic mass is 10.0. The van der Waals surface area contributed by atoms with Gasteiger partial charge in [-0.25, -0.2) is 4.98 Å². The van der Waals surface area contributed by atoms with Gasteiger partial charge in [0, 0.05) is 17.5 Å². The molecule has 1 aromatic heterocycles. The van der Waals surface area contributed by atoms with E-state index in [0.717, 1.165) is 17.2 Å². The third-order valence-corrected chi connectivity index (χ3v) is 4.30. The van der Waals surface area contributed by atoms with Gasteiger partial charge in [0.2, 0.25) is 0 Å². The molecule has 0 spiro atoms. The summed E-state index contributed by atoms with van der Waals surface area (Å²) in [6, 6.07) is 8.91. The standard InChI is InChI=1S/C15H20N2S/c1-10-7-5-6-8-14(10)11(2)16-9-15-12(3)17-13(4)18-15/h5-8,11,16H,9H2,1-4H3/t11-/m1/s1. The van der Waals surface area contributed by atoms with E-state index in [1.54, 1.807) is 11.3 Å². The Labute approximate surface area is 113 Å². The molecule has 0 radical (unpaired) electrons. The van der Waals surface area contributed by atoms with Crippen LogP contribution in [0.2, 0.25) is 0 Å². The van der Waals surface area contributed by atoms with E-state index in [2.05, 4.69) is 62.3 Å². The van der Waals surface area contributed by atoms with Crippen molar-refractivity contribution in [1.82, 2.24) is 10.3 Å². The molecule has 1 heterocycles. The van der Waals surface area contributed by atoms with Crippen molar-refractivity contribution in [3.63, 3.8) is 0 Å². The van der Waals surface area contributed by atoms with E-state index in [1.165, 1.54) is 16.0 Å². The number of nitrogens with zero attached hydrogens (tertiary/aromatic N) is 1. The maximum Gasteiger partial charge on any atom is 0.0900 e. The Balaban J connectivity index is 2.03. The molecule has 1 N–H and O–H groups in total. The van der Waals surface area contributed by atoms with Crippen molar-refractivity contribution in [3.05, 3.63) is 51.0 Å². The lowest BCUT2D eigenvalue weighted by molar-refractivity contribution is 0.574. The Morgan fingerprint density at radius 2 is 1.94 bits per heavy atom. The minimum atomic E-state index is 0.369. The van der Waals surface area contributed by atoms with Crippen molar-refractivity contribution in [2.75, 3.05) is 0 Å². The molecule has 1 atom stereocenters. The molecule has 3 heteroatoms. The van der Waals surface area contributed by atoms with Crippen LogP contribution in [-0.4, -0.2) is 4.98 Å². The molecule has 2 rings (SSSR count). The van der Waals surface area contributed by atoms with E-state index < -0.39 is 0 Å². The first-order valence-corrected chi connectivity index (χ1v) is 7.11. The molecule has 0 bridgehead atoms. The summed E-state index contributed by atoms with van der Waals surface area (Å²) < 4.78 is 0. The molecule has 96 valence electrons. The second-order valence-corrected chi connectivity index (χ2v) is 5.99. The van der Waals surface area contributed by atoms with Crippen LogP contribution in [0, 0.1) is 20.8 Å². The third kappa shape index (κ3) is 2.98. The van der Waals surface area contributed by atoms with Crippen LogP contribution >= 0.6 is 11.3 Å². The van der Waals surface area contributed by atoms with Gasteiger partial charge in [0.25, 0.3) is 0 Å². The van der Waals surface area contributed by atoms with Crippen LogP contribution in [-0.2, 0) is 6.54 Å². The van der Waals surface area contributed by atoms with Gasteiger partial charge in [0.15, 0.2) is 0 Å². The second-order valence-electron chi connectivity index (χ2n) is 4.70. The summed E-state index contributed by atoms with van der Waals surface area (Å²) >= 11 is 1.78. The van der Waals surface area contributed by atoms with Gasteiger partial charge in [0.1, 0.15) is 0 Å². The second kappa shape index (κ2) is 5.63. The number of hydrogen-bond donors (Lipinski definition) is 1. The van der Waals surface area contributed by atoms with Crippen LogP contribution in [0.4, 0.5) is 0 Å². The fourth-order valence-electron chi connectivity index (χ4n) is 2.17. The summed E-state index contributed by atoms with van der Waals surface area (Å²) in [6.07, 6.45) is 0. The zero-order chi connectivity index (χ0) is 13.1. The van der Waals surface area contributed by atoms with Gasteiger partial charge >= 0.3 is 0 Å². The van der Waals surface area contributed by atoms with Crippen LogP contribution in [0.15, 0.2) is 24.3 Å². The summed E-state index contributed by atoms with van der Waals surface area (Å²) in [5, 5.41) is 4.73. The number of aromatic nitrogens is 1. The number of nitrogens with one attached hydrogen (secondary N) is 1. The third-order valence-electron chi connectivity index (χ3n) is 3.22. The minimum absolute atomic E-state index is 0.369. The number of benzene rings is 1. The molecule has 0 amide bonds. The van der Waals surface area contributed by atoms with E-state index >= 15 is 0 Å². The highest BCUT2D eigenvalue weighted by Crippen LogP contribution is 2.20. The van der Waals surface area contributed by atoms with Crippen molar-refractivity contribution in [2.45, 2.75) is 40.3 Å². The van der Waals surface area contributed by atoms with Crippen LogP contribution in [0.5, 0.6) is 0 Å². The van der Waals surface area contributed by atoms with Gasteiger partial charge in [-0.1, -0.05) is 24.3 Å². The Kier molecular flexibility index (Phi) is 4.15. The molecule has 0 fully saturated rings. The average molecular weight is 260 g/mol. The van der Waals surface area contributed by atoms with Crippen LogP contribution in [0.1, 0.15) is 39.7 Å². The molecule has 2 nitrogen and oxygen atoms in total.